The summed E-state index contributed by atoms with van der Waals surface area (Å²) in [4.78, 5) is 24.9. The summed E-state index contributed by atoms with van der Waals surface area (Å²) in [6.07, 6.45) is -6.32. The van der Waals surface area contributed by atoms with Gasteiger partial charge in [-0.3, -0.25) is 14.7 Å². The van der Waals surface area contributed by atoms with Crippen LogP contribution in [0.15, 0.2) is 53.4 Å². The van der Waals surface area contributed by atoms with Gasteiger partial charge < -0.3 is 14.6 Å². The van der Waals surface area contributed by atoms with Crippen molar-refractivity contribution in [3.05, 3.63) is 70.9 Å². The van der Waals surface area contributed by atoms with Crippen LogP contribution in [-0.4, -0.2) is 46.5 Å². The maximum absolute atomic E-state index is 13.9. The molecule has 2 N–H and O–H groups in total. The lowest BCUT2D eigenvalue weighted by atomic mass is 9.90. The minimum absolute atomic E-state index is 0.0379. The Balaban J connectivity index is 1.76. The van der Waals surface area contributed by atoms with E-state index in [-0.39, 0.29) is 40.7 Å². The first-order valence-corrected chi connectivity index (χ1v) is 13.9. The molecule has 1 aliphatic rings. The molecule has 0 bridgehead atoms. The number of alkyl halides is 3. The summed E-state index contributed by atoms with van der Waals surface area (Å²) in [6, 6.07) is 11.0. The highest BCUT2D eigenvalue weighted by Crippen LogP contribution is 2.43. The summed E-state index contributed by atoms with van der Waals surface area (Å²) in [5.41, 5.74) is -1.88. The number of rotatable bonds is 10. The van der Waals surface area contributed by atoms with Crippen LogP contribution in [0, 0.1) is 5.41 Å². The second kappa shape index (κ2) is 10.7. The van der Waals surface area contributed by atoms with Crippen molar-refractivity contribution < 1.29 is 45.8 Å². The highest BCUT2D eigenvalue weighted by atomic mass is 32.2. The van der Waals surface area contributed by atoms with Crippen molar-refractivity contribution in [2.24, 2.45) is 5.41 Å². The number of aromatic amines is 1. The molecular formula is C27H28F3N3O7S. The number of amides is 1. The number of carboxylic acids is 1. The smallest absolute Gasteiger partial charge is 0.432 e. The van der Waals surface area contributed by atoms with E-state index in [1.54, 1.807) is 37.1 Å². The monoisotopic (exact) mass is 595 g/mol. The fourth-order valence-electron chi connectivity index (χ4n) is 4.16. The molecule has 220 valence electrons. The molecular weight excluding hydrogens is 567 g/mol. The van der Waals surface area contributed by atoms with Gasteiger partial charge in [0.05, 0.1) is 17.6 Å². The van der Waals surface area contributed by atoms with Gasteiger partial charge in [-0.15, -0.1) is 5.10 Å². The number of fused-ring (bicyclic) bond motifs is 1. The van der Waals surface area contributed by atoms with E-state index < -0.39 is 51.3 Å². The maximum atomic E-state index is 13.9. The van der Waals surface area contributed by atoms with E-state index in [0.717, 1.165) is 0 Å². The fraction of sp³-hybridized carbons (Fsp3) is 0.370. The Kier molecular flexibility index (Phi) is 7.82. The number of H-pyrrole nitrogens is 1. The first-order chi connectivity index (χ1) is 19.0. The normalized spacial score (nSPS) is 15.6. The number of hydrogen-bond donors (Lipinski definition) is 2. The van der Waals surface area contributed by atoms with Crippen LogP contribution in [0.2, 0.25) is 0 Å². The number of carbonyl (C=O) groups is 2. The standard InChI is InChI=1S/C27H28F3N3O7S/c1-15(2)18-12-17(39-11-10-26(3,4)25(35)36)13-19-22(18)23(34)33(41(19,37)38)24(16-8-6-5-7-9-16)40-21-14-20(31-32-21)27(28,29)30/h5-9,12-15,24H,10-11H2,1-4H3,(H,31,32)(H,35,36). The molecule has 0 radical (unpaired) electrons. The van der Waals surface area contributed by atoms with Gasteiger partial charge in [0.25, 0.3) is 15.9 Å². The van der Waals surface area contributed by atoms with Crippen molar-refractivity contribution in [2.45, 2.75) is 57.3 Å². The molecule has 3 aromatic rings. The zero-order chi connectivity index (χ0) is 30.3. The molecule has 14 heteroatoms. The highest BCUT2D eigenvalue weighted by molar-refractivity contribution is 7.90. The van der Waals surface area contributed by atoms with Crippen molar-refractivity contribution in [1.29, 1.82) is 0 Å². The summed E-state index contributed by atoms with van der Waals surface area (Å²) in [5.74, 6) is -2.74. The Hall–Kier alpha value is -4.07. The molecule has 4 rings (SSSR count). The number of hydrogen-bond acceptors (Lipinski definition) is 7. The Morgan fingerprint density at radius 1 is 1.12 bits per heavy atom. The fourth-order valence-corrected chi connectivity index (χ4v) is 5.83. The molecule has 0 saturated carbocycles. The topological polar surface area (TPSA) is 139 Å². The third-order valence-electron chi connectivity index (χ3n) is 6.64. The molecule has 0 saturated heterocycles. The van der Waals surface area contributed by atoms with E-state index in [4.69, 9.17) is 9.47 Å². The molecule has 1 amide bonds. The van der Waals surface area contributed by atoms with E-state index in [9.17, 15) is 36.3 Å². The van der Waals surface area contributed by atoms with Crippen LogP contribution in [0.3, 0.4) is 0 Å². The van der Waals surface area contributed by atoms with E-state index in [1.165, 1.54) is 38.1 Å². The van der Waals surface area contributed by atoms with E-state index in [1.807, 2.05) is 0 Å². The first kappa shape index (κ1) is 29.9. The van der Waals surface area contributed by atoms with Gasteiger partial charge in [0.2, 0.25) is 12.1 Å². The Morgan fingerprint density at radius 2 is 1.78 bits per heavy atom. The number of aliphatic carboxylic acids is 1. The van der Waals surface area contributed by atoms with Gasteiger partial charge in [-0.1, -0.05) is 44.2 Å². The Morgan fingerprint density at radius 3 is 2.34 bits per heavy atom. The summed E-state index contributed by atoms with van der Waals surface area (Å²) < 4.78 is 79.1. The highest BCUT2D eigenvalue weighted by Gasteiger charge is 2.49. The maximum Gasteiger partial charge on any atom is 0.432 e. The predicted octanol–water partition coefficient (Wildman–Crippen LogP) is 5.35. The van der Waals surface area contributed by atoms with Gasteiger partial charge in [-0.05, 0) is 37.8 Å². The van der Waals surface area contributed by atoms with Crippen LogP contribution in [0.25, 0.3) is 0 Å². The van der Waals surface area contributed by atoms with Gasteiger partial charge in [0.15, 0.2) is 0 Å². The number of nitrogens with one attached hydrogen (secondary N) is 1. The number of halogens is 3. The van der Waals surface area contributed by atoms with Crippen molar-refractivity contribution in [3.63, 3.8) is 0 Å². The number of sulfonamides is 1. The number of carboxylic acid groups (broad SMARTS) is 1. The van der Waals surface area contributed by atoms with Crippen LogP contribution in [-0.2, 0) is 21.0 Å². The lowest BCUT2D eigenvalue weighted by Gasteiger charge is -2.26. The zero-order valence-corrected chi connectivity index (χ0v) is 23.3. The molecule has 0 aliphatic carbocycles. The number of nitrogens with zero attached hydrogens (tertiary/aromatic N) is 2. The van der Waals surface area contributed by atoms with Crippen LogP contribution >= 0.6 is 0 Å². The van der Waals surface area contributed by atoms with E-state index in [0.29, 0.717) is 15.9 Å². The summed E-state index contributed by atoms with van der Waals surface area (Å²) in [5, 5.41) is 14.7. The zero-order valence-electron chi connectivity index (χ0n) is 22.5. The minimum atomic E-state index is -4.76. The molecule has 10 nitrogen and oxygen atoms in total. The van der Waals surface area contributed by atoms with Crippen LogP contribution in [0.4, 0.5) is 13.2 Å². The third kappa shape index (κ3) is 5.87. The van der Waals surface area contributed by atoms with E-state index >= 15 is 0 Å². The molecule has 41 heavy (non-hydrogen) atoms. The van der Waals surface area contributed by atoms with Gasteiger partial charge in [0, 0.05) is 17.7 Å². The van der Waals surface area contributed by atoms with Crippen molar-refractivity contribution >= 4 is 21.9 Å². The quantitative estimate of drug-likeness (QED) is 0.320. The average molecular weight is 596 g/mol. The Bertz CT molecular complexity index is 1570. The minimum Gasteiger partial charge on any atom is -0.494 e. The van der Waals surface area contributed by atoms with Crippen LogP contribution in [0.1, 0.15) is 73.4 Å². The van der Waals surface area contributed by atoms with E-state index in [2.05, 4.69) is 5.10 Å². The number of benzene rings is 2. The number of carbonyl (C=O) groups excluding carboxylic acids is 1. The van der Waals surface area contributed by atoms with Crippen molar-refractivity contribution in [1.82, 2.24) is 14.5 Å². The predicted molar refractivity (Wildman–Crippen MR) is 139 cm³/mol. The third-order valence-corrected chi connectivity index (χ3v) is 8.40. The van der Waals surface area contributed by atoms with Crippen molar-refractivity contribution in [2.75, 3.05) is 6.61 Å². The number of aromatic nitrogens is 2. The van der Waals surface area contributed by atoms with Crippen LogP contribution in [0.5, 0.6) is 11.6 Å². The lowest BCUT2D eigenvalue weighted by Crippen LogP contribution is -2.37. The lowest BCUT2D eigenvalue weighted by molar-refractivity contribution is -0.147. The molecule has 2 aromatic carbocycles. The molecule has 2 heterocycles. The summed E-state index contributed by atoms with van der Waals surface area (Å²) >= 11 is 0. The largest absolute Gasteiger partial charge is 0.494 e. The molecule has 1 aliphatic heterocycles. The molecule has 0 spiro atoms. The van der Waals surface area contributed by atoms with Gasteiger partial charge in [-0.25, -0.2) is 8.42 Å². The average Bonchev–Trinajstić information content (AvgIpc) is 3.44. The summed E-state index contributed by atoms with van der Waals surface area (Å²) in [7, 11) is -4.61. The second-order valence-corrected chi connectivity index (χ2v) is 12.2. The van der Waals surface area contributed by atoms with Crippen LogP contribution < -0.4 is 9.47 Å². The van der Waals surface area contributed by atoms with Crippen molar-refractivity contribution in [3.8, 4) is 11.6 Å². The Labute approximate surface area is 234 Å². The molecule has 1 unspecified atom stereocenters. The van der Waals surface area contributed by atoms with Gasteiger partial charge in [0.1, 0.15) is 16.3 Å². The second-order valence-electron chi connectivity index (χ2n) is 10.4. The van der Waals surface area contributed by atoms with Gasteiger partial charge in [-0.2, -0.15) is 17.5 Å². The van der Waals surface area contributed by atoms with Gasteiger partial charge >= 0.3 is 12.1 Å². The molecule has 1 atom stereocenters. The first-order valence-electron chi connectivity index (χ1n) is 12.5. The molecule has 1 aromatic heterocycles. The molecule has 0 fully saturated rings. The number of ether oxygens (including phenoxy) is 2. The summed E-state index contributed by atoms with van der Waals surface area (Å²) in [6.45, 7) is 6.53. The SMILES string of the molecule is CC(C)c1cc(OCCC(C)(C)C(=O)O)cc2c1C(=O)N(C(Oc1cc(C(F)(F)F)[nH]n1)c1ccccc1)S2(=O)=O.